The minimum atomic E-state index is 0.851. The molecule has 0 N–H and O–H groups in total. The highest BCUT2D eigenvalue weighted by atomic mass is 32.1. The molecule has 0 atom stereocenters. The Morgan fingerprint density at radius 1 is 0.941 bits per heavy atom. The van der Waals surface area contributed by atoms with Gasteiger partial charge in [0.05, 0.1) is 11.7 Å². The minimum absolute atomic E-state index is 0.851. The maximum atomic E-state index is 4.65. The summed E-state index contributed by atoms with van der Waals surface area (Å²) in [6.45, 7) is 0. The number of hydrogen-bond acceptors (Lipinski definition) is 4. The second-order valence-electron chi connectivity index (χ2n) is 3.84. The maximum Gasteiger partial charge on any atom is 0.143 e. The van der Waals surface area contributed by atoms with Crippen LogP contribution in [0.4, 0.5) is 0 Å². The Bertz CT molecular complexity index is 845. The first-order chi connectivity index (χ1) is 8.42. The predicted molar refractivity (Wildman–Crippen MR) is 70.2 cm³/mol. The summed E-state index contributed by atoms with van der Waals surface area (Å²) in [5.74, 6) is 0. The average molecular weight is 237 g/mol. The second-order valence-corrected chi connectivity index (χ2v) is 4.87. The third kappa shape index (κ3) is 1.24. The second kappa shape index (κ2) is 3.21. The van der Waals surface area contributed by atoms with Crippen molar-refractivity contribution in [3.05, 3.63) is 42.7 Å². The van der Waals surface area contributed by atoms with Gasteiger partial charge < -0.3 is 0 Å². The molecule has 0 unspecified atom stereocenters. The van der Waals surface area contributed by atoms with Crippen molar-refractivity contribution in [3.8, 4) is 0 Å². The van der Waals surface area contributed by atoms with Crippen LogP contribution in [0.25, 0.3) is 31.5 Å². The molecule has 0 radical (unpaired) electrons. The van der Waals surface area contributed by atoms with Crippen LogP contribution in [0.15, 0.2) is 42.7 Å². The molecule has 0 spiro atoms. The standard InChI is InChI=1S/C13H7N3S/c1-2-4-11-8(3-1)12-13(17-11)16-9-5-6-14-7-10(9)15-12/h1-7H. The molecule has 4 heteroatoms. The molecule has 0 bridgehead atoms. The number of hydrogen-bond donors (Lipinski definition) is 0. The van der Waals surface area contributed by atoms with Gasteiger partial charge in [-0.25, -0.2) is 9.97 Å². The van der Waals surface area contributed by atoms with Crippen molar-refractivity contribution in [1.29, 1.82) is 0 Å². The lowest BCUT2D eigenvalue weighted by molar-refractivity contribution is 1.31. The summed E-state index contributed by atoms with van der Waals surface area (Å²) in [7, 11) is 0. The Labute approximate surface area is 101 Å². The molecule has 17 heavy (non-hydrogen) atoms. The van der Waals surface area contributed by atoms with Gasteiger partial charge >= 0.3 is 0 Å². The lowest BCUT2D eigenvalue weighted by Gasteiger charge is -1.95. The van der Waals surface area contributed by atoms with Crippen LogP contribution in [-0.2, 0) is 0 Å². The van der Waals surface area contributed by atoms with Crippen LogP contribution < -0.4 is 0 Å². The van der Waals surface area contributed by atoms with Crippen LogP contribution in [0.5, 0.6) is 0 Å². The van der Waals surface area contributed by atoms with E-state index >= 15 is 0 Å². The molecule has 0 amide bonds. The van der Waals surface area contributed by atoms with E-state index in [1.54, 1.807) is 23.7 Å². The Kier molecular flexibility index (Phi) is 1.70. The monoisotopic (exact) mass is 237 g/mol. The van der Waals surface area contributed by atoms with Crippen LogP contribution >= 0.6 is 11.3 Å². The zero-order chi connectivity index (χ0) is 11.2. The van der Waals surface area contributed by atoms with Crippen LogP contribution in [0.3, 0.4) is 0 Å². The van der Waals surface area contributed by atoms with Gasteiger partial charge in [-0.05, 0) is 12.1 Å². The molecular weight excluding hydrogens is 230 g/mol. The van der Waals surface area contributed by atoms with Gasteiger partial charge in [0.25, 0.3) is 0 Å². The molecule has 0 aliphatic carbocycles. The number of thiophene rings is 1. The van der Waals surface area contributed by atoms with Crippen molar-refractivity contribution in [2.45, 2.75) is 0 Å². The molecule has 0 aliphatic heterocycles. The van der Waals surface area contributed by atoms with Crippen molar-refractivity contribution in [1.82, 2.24) is 15.0 Å². The first-order valence-corrected chi connectivity index (χ1v) is 6.12. The zero-order valence-electron chi connectivity index (χ0n) is 8.79. The van der Waals surface area contributed by atoms with Crippen molar-refractivity contribution >= 4 is 42.8 Å². The smallest absolute Gasteiger partial charge is 0.143 e. The number of fused-ring (bicyclic) bond motifs is 4. The summed E-state index contributed by atoms with van der Waals surface area (Å²) in [6, 6.07) is 10.2. The molecule has 3 heterocycles. The maximum absolute atomic E-state index is 4.65. The lowest BCUT2D eigenvalue weighted by atomic mass is 10.2. The van der Waals surface area contributed by atoms with Gasteiger partial charge in [0.15, 0.2) is 0 Å². The fourth-order valence-electron chi connectivity index (χ4n) is 1.99. The zero-order valence-corrected chi connectivity index (χ0v) is 9.61. The summed E-state index contributed by atoms with van der Waals surface area (Å²) in [4.78, 5) is 14.4. The van der Waals surface area contributed by atoms with Gasteiger partial charge in [0.2, 0.25) is 0 Å². The van der Waals surface area contributed by atoms with E-state index in [1.807, 2.05) is 18.2 Å². The molecule has 1 aromatic carbocycles. The van der Waals surface area contributed by atoms with Gasteiger partial charge in [0, 0.05) is 16.3 Å². The average Bonchev–Trinajstić information content (AvgIpc) is 2.73. The molecule has 4 aromatic rings. The van der Waals surface area contributed by atoms with E-state index in [2.05, 4.69) is 27.1 Å². The number of pyridine rings is 1. The van der Waals surface area contributed by atoms with E-state index in [0.717, 1.165) is 21.4 Å². The van der Waals surface area contributed by atoms with Crippen LogP contribution in [-0.4, -0.2) is 15.0 Å². The van der Waals surface area contributed by atoms with Gasteiger partial charge in [-0.15, -0.1) is 11.3 Å². The van der Waals surface area contributed by atoms with Gasteiger partial charge in [-0.3, -0.25) is 4.98 Å². The highest BCUT2D eigenvalue weighted by molar-refractivity contribution is 7.25. The van der Waals surface area contributed by atoms with E-state index in [9.17, 15) is 0 Å². The van der Waals surface area contributed by atoms with Crippen LogP contribution in [0.1, 0.15) is 0 Å². The molecule has 0 saturated carbocycles. The number of nitrogens with zero attached hydrogens (tertiary/aromatic N) is 3. The van der Waals surface area contributed by atoms with Crippen molar-refractivity contribution in [3.63, 3.8) is 0 Å². The summed E-state index contributed by atoms with van der Waals surface area (Å²) in [5, 5.41) is 1.17. The number of rotatable bonds is 0. The van der Waals surface area contributed by atoms with Gasteiger partial charge in [-0.1, -0.05) is 18.2 Å². The highest BCUT2D eigenvalue weighted by Crippen LogP contribution is 2.31. The molecule has 4 rings (SSSR count). The topological polar surface area (TPSA) is 38.7 Å². The van der Waals surface area contributed by atoms with Gasteiger partial charge in [0.1, 0.15) is 15.9 Å². The molecular formula is C13H7N3S. The van der Waals surface area contributed by atoms with Gasteiger partial charge in [-0.2, -0.15) is 0 Å². The van der Waals surface area contributed by atoms with Crippen molar-refractivity contribution in [2.75, 3.05) is 0 Å². The Balaban J connectivity index is 2.28. The third-order valence-electron chi connectivity index (χ3n) is 2.78. The molecule has 0 aliphatic rings. The first kappa shape index (κ1) is 9.01. The molecule has 0 fully saturated rings. The molecule has 0 saturated heterocycles. The predicted octanol–water partition coefficient (Wildman–Crippen LogP) is 3.39. The summed E-state index contributed by atoms with van der Waals surface area (Å²) < 4.78 is 1.23. The van der Waals surface area contributed by atoms with E-state index in [0.29, 0.717) is 0 Å². The van der Waals surface area contributed by atoms with E-state index < -0.39 is 0 Å². The highest BCUT2D eigenvalue weighted by Gasteiger charge is 2.08. The van der Waals surface area contributed by atoms with Crippen molar-refractivity contribution in [2.24, 2.45) is 0 Å². The minimum Gasteiger partial charge on any atom is -0.262 e. The first-order valence-electron chi connectivity index (χ1n) is 5.31. The summed E-state index contributed by atoms with van der Waals surface area (Å²) in [6.07, 6.45) is 3.50. The number of aromatic nitrogens is 3. The van der Waals surface area contributed by atoms with E-state index in [4.69, 9.17) is 0 Å². The van der Waals surface area contributed by atoms with Crippen LogP contribution in [0.2, 0.25) is 0 Å². The van der Waals surface area contributed by atoms with Crippen molar-refractivity contribution < 1.29 is 0 Å². The van der Waals surface area contributed by atoms with E-state index in [1.165, 1.54) is 10.1 Å². The molecule has 3 aromatic heterocycles. The van der Waals surface area contributed by atoms with Crippen LogP contribution in [0, 0.1) is 0 Å². The lowest BCUT2D eigenvalue weighted by Crippen LogP contribution is -1.84. The Hall–Kier alpha value is -2.07. The molecule has 3 nitrogen and oxygen atoms in total. The number of benzene rings is 1. The Morgan fingerprint density at radius 3 is 2.88 bits per heavy atom. The normalized spacial score (nSPS) is 11.5. The largest absolute Gasteiger partial charge is 0.262 e. The quantitative estimate of drug-likeness (QED) is 0.470. The third-order valence-corrected chi connectivity index (χ3v) is 3.84. The summed E-state index contributed by atoms with van der Waals surface area (Å²) in [5.41, 5.74) is 2.73. The fourth-order valence-corrected chi connectivity index (χ4v) is 3.02. The van der Waals surface area contributed by atoms with E-state index in [-0.39, 0.29) is 0 Å². The fraction of sp³-hybridized carbons (Fsp3) is 0. The SMILES string of the molecule is c1ccc2c(c1)sc1nc3ccncc3nc12. The molecule has 80 valence electrons. The Morgan fingerprint density at radius 2 is 1.88 bits per heavy atom. The summed E-state index contributed by atoms with van der Waals surface area (Å²) >= 11 is 1.68.